The summed E-state index contributed by atoms with van der Waals surface area (Å²) in [7, 11) is 4.19. The van der Waals surface area contributed by atoms with Crippen molar-refractivity contribution in [1.82, 2.24) is 24.9 Å². The number of carbonyl (C=O) groups excluding carboxylic acids is 1. The number of H-pyrrole nitrogens is 1. The van der Waals surface area contributed by atoms with Crippen LogP contribution >= 0.6 is 0 Å². The molecule has 156 valence electrons. The van der Waals surface area contributed by atoms with Gasteiger partial charge in [-0.25, -0.2) is 0 Å². The van der Waals surface area contributed by atoms with Crippen LogP contribution in [-0.2, 0) is 0 Å². The number of para-hydroxylation sites is 1. The summed E-state index contributed by atoms with van der Waals surface area (Å²) in [5.41, 5.74) is 3.74. The van der Waals surface area contributed by atoms with E-state index in [1.165, 1.54) is 0 Å². The number of rotatable bonds is 6. The van der Waals surface area contributed by atoms with Crippen molar-refractivity contribution >= 4 is 29.0 Å². The lowest BCUT2D eigenvalue weighted by Crippen LogP contribution is -2.49. The number of amides is 1. The smallest absolute Gasteiger partial charge is 0.253 e. The summed E-state index contributed by atoms with van der Waals surface area (Å²) in [6.45, 7) is 5.58. The second-order valence-electron chi connectivity index (χ2n) is 8.05. The van der Waals surface area contributed by atoms with Gasteiger partial charge in [0.1, 0.15) is 0 Å². The van der Waals surface area contributed by atoms with Crippen molar-refractivity contribution in [2.24, 2.45) is 0 Å². The Morgan fingerprint density at radius 2 is 1.77 bits per heavy atom. The van der Waals surface area contributed by atoms with Crippen LogP contribution in [0.3, 0.4) is 0 Å². The normalized spacial score (nSPS) is 15.5. The van der Waals surface area contributed by atoms with Crippen LogP contribution in [-0.4, -0.2) is 84.2 Å². The predicted octanol–water partition coefficient (Wildman–Crippen LogP) is 3.05. The van der Waals surface area contributed by atoms with Gasteiger partial charge in [0.25, 0.3) is 5.91 Å². The highest BCUT2D eigenvalue weighted by Gasteiger charge is 2.21. The van der Waals surface area contributed by atoms with Crippen LogP contribution in [0.5, 0.6) is 0 Å². The van der Waals surface area contributed by atoms with E-state index in [1.807, 2.05) is 59.5 Å². The summed E-state index contributed by atoms with van der Waals surface area (Å²) in [6.07, 6.45) is 4.03. The van der Waals surface area contributed by atoms with E-state index in [4.69, 9.17) is 0 Å². The van der Waals surface area contributed by atoms with E-state index in [9.17, 15) is 4.79 Å². The Morgan fingerprint density at radius 3 is 2.50 bits per heavy atom. The molecule has 1 aliphatic rings. The molecule has 0 atom stereocenters. The number of piperazine rings is 1. The first-order chi connectivity index (χ1) is 14.6. The number of hydrogen-bond acceptors (Lipinski definition) is 4. The van der Waals surface area contributed by atoms with Gasteiger partial charge in [0.15, 0.2) is 0 Å². The molecule has 0 bridgehead atoms. The number of aromatic nitrogens is 2. The van der Waals surface area contributed by atoms with Crippen molar-refractivity contribution in [2.45, 2.75) is 0 Å². The number of nitrogens with zero attached hydrogens (tertiary/aromatic N) is 4. The first-order valence-electron chi connectivity index (χ1n) is 10.5. The topological polar surface area (TPSA) is 55.5 Å². The third-order valence-corrected chi connectivity index (χ3v) is 5.61. The highest BCUT2D eigenvalue weighted by Crippen LogP contribution is 2.18. The molecule has 30 heavy (non-hydrogen) atoms. The van der Waals surface area contributed by atoms with Gasteiger partial charge in [0.05, 0.1) is 11.2 Å². The average Bonchev–Trinajstić information content (AvgIpc) is 3.20. The molecule has 0 radical (unpaired) electrons. The van der Waals surface area contributed by atoms with Gasteiger partial charge in [-0.1, -0.05) is 36.4 Å². The van der Waals surface area contributed by atoms with Gasteiger partial charge < -0.3 is 9.80 Å². The first kappa shape index (κ1) is 20.3. The quantitative estimate of drug-likeness (QED) is 0.687. The molecule has 3 aromatic rings. The molecular formula is C24H29N5O. The first-order valence-corrected chi connectivity index (χ1v) is 10.5. The third-order valence-electron chi connectivity index (χ3n) is 5.61. The maximum Gasteiger partial charge on any atom is 0.253 e. The van der Waals surface area contributed by atoms with E-state index < -0.39 is 0 Å². The lowest BCUT2D eigenvalue weighted by atomic mass is 10.1. The average molecular weight is 404 g/mol. The zero-order valence-electron chi connectivity index (χ0n) is 17.7. The molecule has 1 fully saturated rings. The molecule has 6 nitrogen and oxygen atoms in total. The van der Waals surface area contributed by atoms with Crippen LogP contribution in [0.4, 0.5) is 0 Å². The van der Waals surface area contributed by atoms with Crippen molar-refractivity contribution in [3.8, 4) is 0 Å². The van der Waals surface area contributed by atoms with Crippen LogP contribution < -0.4 is 0 Å². The molecule has 0 unspecified atom stereocenters. The second kappa shape index (κ2) is 9.24. The number of carbonyl (C=O) groups is 1. The van der Waals surface area contributed by atoms with E-state index in [0.29, 0.717) is 0 Å². The zero-order chi connectivity index (χ0) is 20.9. The summed E-state index contributed by atoms with van der Waals surface area (Å²) in [6, 6.07) is 15.9. The Bertz CT molecular complexity index is 1010. The van der Waals surface area contributed by atoms with Crippen molar-refractivity contribution in [1.29, 1.82) is 0 Å². The minimum Gasteiger partial charge on any atom is -0.336 e. The number of aromatic amines is 1. The van der Waals surface area contributed by atoms with Crippen LogP contribution in [0.2, 0.25) is 0 Å². The molecule has 0 saturated carbocycles. The van der Waals surface area contributed by atoms with Crippen LogP contribution in [0.25, 0.3) is 23.1 Å². The number of fused-ring (bicyclic) bond motifs is 1. The van der Waals surface area contributed by atoms with Gasteiger partial charge in [0, 0.05) is 50.2 Å². The Morgan fingerprint density at radius 1 is 1.03 bits per heavy atom. The highest BCUT2D eigenvalue weighted by molar-refractivity contribution is 5.95. The van der Waals surface area contributed by atoms with Crippen molar-refractivity contribution < 1.29 is 4.79 Å². The molecule has 1 amide bonds. The molecule has 0 spiro atoms. The monoisotopic (exact) mass is 403 g/mol. The molecule has 2 heterocycles. The Balaban J connectivity index is 1.35. The lowest BCUT2D eigenvalue weighted by molar-refractivity contribution is 0.0630. The van der Waals surface area contributed by atoms with Crippen molar-refractivity contribution in [3.05, 3.63) is 65.4 Å². The Labute approximate surface area is 177 Å². The van der Waals surface area contributed by atoms with E-state index in [-0.39, 0.29) is 5.91 Å². The lowest BCUT2D eigenvalue weighted by Gasteiger charge is -2.35. The van der Waals surface area contributed by atoms with Gasteiger partial charge >= 0.3 is 0 Å². The summed E-state index contributed by atoms with van der Waals surface area (Å²) in [5.74, 6) is 0.121. The maximum atomic E-state index is 12.8. The molecule has 1 aliphatic heterocycles. The van der Waals surface area contributed by atoms with E-state index in [2.05, 4.69) is 40.2 Å². The van der Waals surface area contributed by atoms with E-state index in [0.717, 1.165) is 67.0 Å². The van der Waals surface area contributed by atoms with Gasteiger partial charge in [-0.2, -0.15) is 5.10 Å². The number of nitrogens with one attached hydrogen (secondary N) is 1. The van der Waals surface area contributed by atoms with Crippen LogP contribution in [0.15, 0.2) is 48.5 Å². The number of benzene rings is 2. The zero-order valence-corrected chi connectivity index (χ0v) is 17.7. The SMILES string of the molecule is CN(C)CCN1CCN(C(=O)c2ccc(/C=C/c3n[nH]c4ccccc34)cc2)CC1. The summed E-state index contributed by atoms with van der Waals surface area (Å²) >= 11 is 0. The Hall–Kier alpha value is -2.96. The molecule has 0 aliphatic carbocycles. The van der Waals surface area contributed by atoms with E-state index in [1.54, 1.807) is 0 Å². The fourth-order valence-corrected chi connectivity index (χ4v) is 3.72. The predicted molar refractivity (Wildman–Crippen MR) is 122 cm³/mol. The molecule has 1 aromatic heterocycles. The number of hydrogen-bond donors (Lipinski definition) is 1. The molecule has 1 N–H and O–H groups in total. The molecule has 6 heteroatoms. The van der Waals surface area contributed by atoms with Gasteiger partial charge in [0.2, 0.25) is 0 Å². The minimum atomic E-state index is 0.121. The largest absolute Gasteiger partial charge is 0.336 e. The second-order valence-corrected chi connectivity index (χ2v) is 8.05. The van der Waals surface area contributed by atoms with Crippen molar-refractivity contribution in [3.63, 3.8) is 0 Å². The minimum absolute atomic E-state index is 0.121. The van der Waals surface area contributed by atoms with Gasteiger partial charge in [-0.05, 0) is 43.9 Å². The van der Waals surface area contributed by atoms with Gasteiger partial charge in [-0.15, -0.1) is 0 Å². The van der Waals surface area contributed by atoms with Crippen molar-refractivity contribution in [2.75, 3.05) is 53.4 Å². The number of likely N-dealkylation sites (N-methyl/N-ethyl adjacent to an activating group) is 1. The molecule has 2 aromatic carbocycles. The highest BCUT2D eigenvalue weighted by atomic mass is 16.2. The Kier molecular flexibility index (Phi) is 6.26. The molecule has 1 saturated heterocycles. The summed E-state index contributed by atoms with van der Waals surface area (Å²) in [4.78, 5) is 19.4. The standard InChI is InChI=1S/C24H29N5O/c1-27(2)13-14-28-15-17-29(18-16-28)24(30)20-10-7-19(8-11-20)9-12-23-21-5-3-4-6-22(21)25-26-23/h3-12H,13-18H2,1-2H3,(H,25,26)/b12-9+. The third kappa shape index (κ3) is 4.78. The summed E-state index contributed by atoms with van der Waals surface area (Å²) < 4.78 is 0. The molecular weight excluding hydrogens is 374 g/mol. The maximum absolute atomic E-state index is 12.8. The van der Waals surface area contributed by atoms with Crippen LogP contribution in [0, 0.1) is 0 Å². The van der Waals surface area contributed by atoms with E-state index >= 15 is 0 Å². The fraction of sp³-hybridized carbons (Fsp3) is 0.333. The fourth-order valence-electron chi connectivity index (χ4n) is 3.72. The van der Waals surface area contributed by atoms with Crippen LogP contribution in [0.1, 0.15) is 21.6 Å². The molecule has 4 rings (SSSR count). The summed E-state index contributed by atoms with van der Waals surface area (Å²) in [5, 5.41) is 8.51. The van der Waals surface area contributed by atoms with Gasteiger partial charge in [-0.3, -0.25) is 14.8 Å².